The third kappa shape index (κ3) is 2.25. The molecule has 0 aromatic heterocycles. The smallest absolute Gasteiger partial charge is 0.260 e. The summed E-state index contributed by atoms with van der Waals surface area (Å²) < 4.78 is 0. The van der Waals surface area contributed by atoms with Crippen LogP contribution in [-0.4, -0.2) is 18.2 Å². The zero-order valence-electron chi connectivity index (χ0n) is 4.40. The second-order valence-electron chi connectivity index (χ2n) is 0.907. The molecule has 0 rings (SSSR count). The summed E-state index contributed by atoms with van der Waals surface area (Å²) in [6.45, 7) is 1.90. The van der Waals surface area contributed by atoms with Gasteiger partial charge in [0.1, 0.15) is 0 Å². The second kappa shape index (κ2) is 4.20. The van der Waals surface area contributed by atoms with Crippen molar-refractivity contribution in [3.8, 4) is 0 Å². The van der Waals surface area contributed by atoms with E-state index in [1.165, 1.54) is 0 Å². The lowest BCUT2D eigenvalue weighted by Gasteiger charge is -2.01. The van der Waals surface area contributed by atoms with Crippen LogP contribution >= 0.6 is 0 Å². The van der Waals surface area contributed by atoms with E-state index >= 15 is 0 Å². The molecule has 0 aliphatic heterocycles. The van der Waals surface area contributed by atoms with Crippen LogP contribution in [0.4, 0.5) is 0 Å². The van der Waals surface area contributed by atoms with Crippen LogP contribution in [-0.2, 0) is 9.63 Å². The van der Waals surface area contributed by atoms with E-state index in [4.69, 9.17) is 0 Å². The van der Waals surface area contributed by atoms with Gasteiger partial charge < -0.3 is 0 Å². The maximum Gasteiger partial charge on any atom is 0.260 e. The molecule has 5 heteroatoms. The summed E-state index contributed by atoms with van der Waals surface area (Å²) in [7, 11) is 0. The van der Waals surface area contributed by atoms with Crippen molar-refractivity contribution in [2.24, 2.45) is 5.29 Å². The van der Waals surface area contributed by atoms with Gasteiger partial charge in [0, 0.05) is 0 Å². The van der Waals surface area contributed by atoms with Crippen molar-refractivity contribution in [2.75, 3.05) is 6.61 Å². The minimum Gasteiger partial charge on any atom is -0.274 e. The Kier molecular flexibility index (Phi) is 3.69. The van der Waals surface area contributed by atoms with E-state index < -0.39 is 0 Å². The maximum atomic E-state index is 9.63. The molecular weight excluding hydrogens is 112 g/mol. The summed E-state index contributed by atoms with van der Waals surface area (Å²) in [5.74, 6) is 0. The van der Waals surface area contributed by atoms with Crippen molar-refractivity contribution in [3.05, 3.63) is 4.91 Å². The molecule has 0 spiro atoms. The number of hydroxylamine groups is 1. The van der Waals surface area contributed by atoms with Crippen molar-refractivity contribution < 1.29 is 9.63 Å². The molecule has 0 aromatic rings. The Balaban J connectivity index is 3.35. The van der Waals surface area contributed by atoms with Gasteiger partial charge in [0.05, 0.1) is 11.9 Å². The van der Waals surface area contributed by atoms with Crippen LogP contribution in [0.25, 0.3) is 0 Å². The SMILES string of the molecule is CCON(C=O)N=O. The van der Waals surface area contributed by atoms with Crippen LogP contribution < -0.4 is 0 Å². The van der Waals surface area contributed by atoms with Gasteiger partial charge in [-0.25, -0.2) is 4.84 Å². The van der Waals surface area contributed by atoms with Gasteiger partial charge in [-0.3, -0.25) is 4.79 Å². The van der Waals surface area contributed by atoms with E-state index in [1.54, 1.807) is 6.92 Å². The van der Waals surface area contributed by atoms with Crippen molar-refractivity contribution in [1.82, 2.24) is 5.17 Å². The monoisotopic (exact) mass is 118 g/mol. The molecule has 0 radical (unpaired) electrons. The molecule has 8 heavy (non-hydrogen) atoms. The molecule has 5 nitrogen and oxygen atoms in total. The molecule has 0 atom stereocenters. The first kappa shape index (κ1) is 7.03. The number of rotatable bonds is 4. The lowest BCUT2D eigenvalue weighted by Crippen LogP contribution is -2.13. The number of hydrogen-bond acceptors (Lipinski definition) is 4. The van der Waals surface area contributed by atoms with Gasteiger partial charge in [-0.05, 0) is 6.92 Å². The van der Waals surface area contributed by atoms with E-state index in [9.17, 15) is 9.70 Å². The standard InChI is InChI=1S/C3H6N2O3/c1-2-8-5(3-6)4-7/h3H,2H2,1H3. The van der Waals surface area contributed by atoms with Crippen molar-refractivity contribution >= 4 is 6.41 Å². The Labute approximate surface area is 46.1 Å². The molecule has 0 heterocycles. The van der Waals surface area contributed by atoms with Gasteiger partial charge in [0.2, 0.25) is 0 Å². The fourth-order valence-corrected chi connectivity index (χ4v) is 0.206. The molecule has 0 bridgehead atoms. The highest BCUT2D eigenvalue weighted by Gasteiger charge is 1.94. The summed E-state index contributed by atoms with van der Waals surface area (Å²) in [5, 5.41) is 2.51. The molecule has 0 N–H and O–H groups in total. The Morgan fingerprint density at radius 2 is 2.50 bits per heavy atom. The minimum absolute atomic E-state index is 0.191. The third-order valence-corrected chi connectivity index (χ3v) is 0.432. The third-order valence-electron chi connectivity index (χ3n) is 0.432. The Morgan fingerprint density at radius 3 is 2.62 bits per heavy atom. The van der Waals surface area contributed by atoms with Crippen molar-refractivity contribution in [2.45, 2.75) is 6.92 Å². The van der Waals surface area contributed by atoms with Gasteiger partial charge in [0.25, 0.3) is 6.41 Å². The highest BCUT2D eigenvalue weighted by atomic mass is 16.7. The first-order valence-corrected chi connectivity index (χ1v) is 2.05. The highest BCUT2D eigenvalue weighted by Crippen LogP contribution is 1.82. The van der Waals surface area contributed by atoms with Crippen LogP contribution in [0.3, 0.4) is 0 Å². The molecule has 0 unspecified atom stereocenters. The fourth-order valence-electron chi connectivity index (χ4n) is 0.206. The van der Waals surface area contributed by atoms with Crippen molar-refractivity contribution in [3.63, 3.8) is 0 Å². The van der Waals surface area contributed by atoms with E-state index in [2.05, 4.69) is 10.1 Å². The summed E-state index contributed by atoms with van der Waals surface area (Å²) in [4.78, 5) is 23.4. The molecule has 46 valence electrons. The average molecular weight is 118 g/mol. The largest absolute Gasteiger partial charge is 0.274 e. The predicted molar refractivity (Wildman–Crippen MR) is 25.3 cm³/mol. The predicted octanol–water partition coefficient (Wildman–Crippen LogP) is 0.0777. The number of nitrogens with zero attached hydrogens (tertiary/aromatic N) is 2. The quantitative estimate of drug-likeness (QED) is 0.298. The van der Waals surface area contributed by atoms with E-state index in [0.717, 1.165) is 0 Å². The van der Waals surface area contributed by atoms with Gasteiger partial charge in [-0.1, -0.05) is 5.17 Å². The number of nitroso groups, excluding NO2 is 1. The Hall–Kier alpha value is -0.970. The molecule has 0 saturated carbocycles. The highest BCUT2D eigenvalue weighted by molar-refractivity contribution is 5.44. The van der Waals surface area contributed by atoms with Gasteiger partial charge >= 0.3 is 0 Å². The van der Waals surface area contributed by atoms with Crippen LogP contribution in [0.5, 0.6) is 0 Å². The van der Waals surface area contributed by atoms with Gasteiger partial charge in [-0.2, -0.15) is 0 Å². The first-order valence-electron chi connectivity index (χ1n) is 2.05. The number of carbonyl (C=O) groups is 1. The molecule has 0 aliphatic rings. The van der Waals surface area contributed by atoms with Gasteiger partial charge in [0.15, 0.2) is 0 Å². The zero-order valence-corrected chi connectivity index (χ0v) is 4.40. The number of carbonyl (C=O) groups excluding carboxylic acids is 1. The van der Waals surface area contributed by atoms with Crippen LogP contribution in [0.1, 0.15) is 6.92 Å². The van der Waals surface area contributed by atoms with Crippen LogP contribution in [0.15, 0.2) is 5.29 Å². The Bertz CT molecular complexity index is 76.6. The second-order valence-corrected chi connectivity index (χ2v) is 0.907. The number of amides is 1. The van der Waals surface area contributed by atoms with Crippen LogP contribution in [0, 0.1) is 4.91 Å². The minimum atomic E-state index is 0.191. The fraction of sp³-hybridized carbons (Fsp3) is 0.667. The van der Waals surface area contributed by atoms with Gasteiger partial charge in [-0.15, -0.1) is 4.91 Å². The molecule has 0 aliphatic carbocycles. The summed E-state index contributed by atoms with van der Waals surface area (Å²) in [5.41, 5.74) is 0. The van der Waals surface area contributed by atoms with E-state index in [-0.39, 0.29) is 13.0 Å². The summed E-state index contributed by atoms with van der Waals surface area (Å²) in [6, 6.07) is 0. The summed E-state index contributed by atoms with van der Waals surface area (Å²) >= 11 is 0. The lowest BCUT2D eigenvalue weighted by molar-refractivity contribution is -0.170. The molecule has 0 saturated heterocycles. The average Bonchev–Trinajstić information content (AvgIpc) is 1.83. The topological polar surface area (TPSA) is 59.0 Å². The maximum absolute atomic E-state index is 9.63. The number of hydrogen-bond donors (Lipinski definition) is 0. The zero-order chi connectivity index (χ0) is 6.41. The van der Waals surface area contributed by atoms with E-state index in [0.29, 0.717) is 5.17 Å². The normalized spacial score (nSPS) is 8.12. The first-order chi connectivity index (χ1) is 3.85. The van der Waals surface area contributed by atoms with Crippen LogP contribution in [0.2, 0.25) is 0 Å². The Morgan fingerprint density at radius 1 is 1.88 bits per heavy atom. The lowest BCUT2D eigenvalue weighted by atomic mass is 10.9. The summed E-state index contributed by atoms with van der Waals surface area (Å²) in [6.07, 6.45) is 0.191. The van der Waals surface area contributed by atoms with E-state index in [1.807, 2.05) is 0 Å². The van der Waals surface area contributed by atoms with Crippen molar-refractivity contribution in [1.29, 1.82) is 0 Å². The molecule has 0 fully saturated rings. The molecular formula is C3H6N2O3. The molecule has 1 amide bonds. The molecule has 0 aromatic carbocycles.